The molecule has 0 aliphatic carbocycles. The monoisotopic (exact) mass is 209 g/mol. The Morgan fingerprint density at radius 1 is 1.53 bits per heavy atom. The smallest absolute Gasteiger partial charge is 0.306 e. The maximum absolute atomic E-state index is 11.2. The molecular formula is C11H15NO3. The van der Waals surface area contributed by atoms with Gasteiger partial charge >= 0.3 is 5.97 Å². The summed E-state index contributed by atoms with van der Waals surface area (Å²) in [6, 6.07) is 3.68. The highest BCUT2D eigenvalue weighted by Gasteiger charge is 2.02. The third kappa shape index (κ3) is 5.12. The number of hydrogen-bond acceptors (Lipinski definition) is 4. The molecule has 0 bridgehead atoms. The zero-order valence-electron chi connectivity index (χ0n) is 8.81. The van der Waals surface area contributed by atoms with Crippen molar-refractivity contribution in [1.29, 1.82) is 0 Å². The van der Waals surface area contributed by atoms with E-state index in [4.69, 9.17) is 9.47 Å². The average Bonchev–Trinajstić information content (AvgIpc) is 2.28. The Labute approximate surface area is 89.2 Å². The highest BCUT2D eigenvalue weighted by molar-refractivity contribution is 5.69. The number of pyridine rings is 1. The first-order chi connectivity index (χ1) is 7.33. The Morgan fingerprint density at radius 3 is 3.07 bits per heavy atom. The fourth-order valence-corrected chi connectivity index (χ4v) is 1.08. The molecule has 82 valence electrons. The minimum atomic E-state index is -0.198. The van der Waals surface area contributed by atoms with E-state index < -0.39 is 0 Å². The lowest BCUT2D eigenvalue weighted by molar-refractivity contribution is -0.145. The van der Waals surface area contributed by atoms with E-state index in [0.717, 1.165) is 5.56 Å². The summed E-state index contributed by atoms with van der Waals surface area (Å²) in [6.07, 6.45) is 4.46. The van der Waals surface area contributed by atoms with Gasteiger partial charge < -0.3 is 9.47 Å². The van der Waals surface area contributed by atoms with Crippen LogP contribution in [0.1, 0.15) is 18.4 Å². The van der Waals surface area contributed by atoms with E-state index in [0.29, 0.717) is 26.1 Å². The van der Waals surface area contributed by atoms with Crippen LogP contribution in [0.3, 0.4) is 0 Å². The Hall–Kier alpha value is -1.42. The van der Waals surface area contributed by atoms with Gasteiger partial charge in [-0.25, -0.2) is 0 Å². The number of methoxy groups -OCH3 is 1. The first-order valence-electron chi connectivity index (χ1n) is 4.86. The molecule has 1 heterocycles. The van der Waals surface area contributed by atoms with E-state index in [1.54, 1.807) is 19.5 Å². The van der Waals surface area contributed by atoms with Crippen molar-refractivity contribution in [3.05, 3.63) is 30.1 Å². The van der Waals surface area contributed by atoms with Crippen molar-refractivity contribution in [3.63, 3.8) is 0 Å². The zero-order chi connectivity index (χ0) is 10.9. The molecule has 4 nitrogen and oxygen atoms in total. The predicted molar refractivity (Wildman–Crippen MR) is 55.1 cm³/mol. The normalized spacial score (nSPS) is 9.93. The molecule has 0 aliphatic heterocycles. The second-order valence-electron chi connectivity index (χ2n) is 3.12. The molecule has 0 fully saturated rings. The Balaban J connectivity index is 2.17. The first-order valence-corrected chi connectivity index (χ1v) is 4.86. The lowest BCUT2D eigenvalue weighted by atomic mass is 10.3. The summed E-state index contributed by atoms with van der Waals surface area (Å²) >= 11 is 0. The number of esters is 1. The van der Waals surface area contributed by atoms with Crippen molar-refractivity contribution in [2.24, 2.45) is 0 Å². The van der Waals surface area contributed by atoms with Crippen LogP contribution in [-0.2, 0) is 20.9 Å². The molecule has 0 radical (unpaired) electrons. The SMILES string of the molecule is COCCCC(=O)OCc1cccnc1. The minimum absolute atomic E-state index is 0.198. The molecule has 0 aliphatic rings. The molecule has 1 rings (SSSR count). The van der Waals surface area contributed by atoms with E-state index >= 15 is 0 Å². The molecule has 0 amide bonds. The minimum Gasteiger partial charge on any atom is -0.461 e. The van der Waals surface area contributed by atoms with Crippen molar-refractivity contribution in [2.45, 2.75) is 19.4 Å². The Morgan fingerprint density at radius 2 is 2.40 bits per heavy atom. The van der Waals surface area contributed by atoms with Crippen molar-refractivity contribution in [2.75, 3.05) is 13.7 Å². The highest BCUT2D eigenvalue weighted by Crippen LogP contribution is 2.01. The molecule has 0 unspecified atom stereocenters. The summed E-state index contributed by atoms with van der Waals surface area (Å²) in [6.45, 7) is 0.877. The number of aromatic nitrogens is 1. The van der Waals surface area contributed by atoms with Gasteiger partial charge in [-0.3, -0.25) is 9.78 Å². The van der Waals surface area contributed by atoms with Crippen LogP contribution in [0.5, 0.6) is 0 Å². The molecule has 4 heteroatoms. The molecule has 15 heavy (non-hydrogen) atoms. The van der Waals surface area contributed by atoms with Crippen molar-refractivity contribution >= 4 is 5.97 Å². The van der Waals surface area contributed by atoms with Gasteiger partial charge in [0.05, 0.1) is 0 Å². The van der Waals surface area contributed by atoms with E-state index in [-0.39, 0.29) is 5.97 Å². The van der Waals surface area contributed by atoms with Gasteiger partial charge in [-0.05, 0) is 12.5 Å². The summed E-state index contributed by atoms with van der Waals surface area (Å²) in [5.74, 6) is -0.198. The largest absolute Gasteiger partial charge is 0.461 e. The van der Waals surface area contributed by atoms with Crippen LogP contribution in [0, 0.1) is 0 Å². The van der Waals surface area contributed by atoms with Gasteiger partial charge in [0.25, 0.3) is 0 Å². The van der Waals surface area contributed by atoms with Gasteiger partial charge in [-0.15, -0.1) is 0 Å². The summed E-state index contributed by atoms with van der Waals surface area (Å²) in [5.41, 5.74) is 0.901. The number of nitrogens with zero attached hydrogens (tertiary/aromatic N) is 1. The van der Waals surface area contributed by atoms with Crippen LogP contribution in [0.4, 0.5) is 0 Å². The van der Waals surface area contributed by atoms with Crippen molar-refractivity contribution < 1.29 is 14.3 Å². The van der Waals surface area contributed by atoms with Crippen LogP contribution < -0.4 is 0 Å². The second kappa shape index (κ2) is 6.95. The molecule has 1 aromatic heterocycles. The molecule has 0 spiro atoms. The van der Waals surface area contributed by atoms with Crippen molar-refractivity contribution in [3.8, 4) is 0 Å². The number of rotatable bonds is 6. The zero-order valence-corrected chi connectivity index (χ0v) is 8.81. The van der Waals surface area contributed by atoms with Gasteiger partial charge in [0.2, 0.25) is 0 Å². The van der Waals surface area contributed by atoms with Gasteiger partial charge in [0.1, 0.15) is 6.61 Å². The molecule has 0 saturated carbocycles. The summed E-state index contributed by atoms with van der Waals surface area (Å²) < 4.78 is 9.88. The number of ether oxygens (including phenoxy) is 2. The number of carbonyl (C=O) groups excluding carboxylic acids is 1. The standard InChI is InChI=1S/C11H15NO3/c1-14-7-3-5-11(13)15-9-10-4-2-6-12-8-10/h2,4,6,8H,3,5,7,9H2,1H3. The fraction of sp³-hybridized carbons (Fsp3) is 0.455. The van der Waals surface area contributed by atoms with Crippen LogP contribution in [0.2, 0.25) is 0 Å². The Kier molecular flexibility index (Phi) is 5.40. The van der Waals surface area contributed by atoms with Gasteiger partial charge in [0.15, 0.2) is 0 Å². The molecule has 0 N–H and O–H groups in total. The Bertz CT molecular complexity index is 287. The van der Waals surface area contributed by atoms with Crippen LogP contribution >= 0.6 is 0 Å². The van der Waals surface area contributed by atoms with E-state index in [1.165, 1.54) is 0 Å². The average molecular weight is 209 g/mol. The molecular weight excluding hydrogens is 194 g/mol. The van der Waals surface area contributed by atoms with Crippen LogP contribution in [-0.4, -0.2) is 24.7 Å². The predicted octanol–water partition coefficient (Wildman–Crippen LogP) is 1.55. The van der Waals surface area contributed by atoms with Gasteiger partial charge in [-0.1, -0.05) is 6.07 Å². The molecule has 0 saturated heterocycles. The summed E-state index contributed by atoms with van der Waals surface area (Å²) in [5, 5.41) is 0. The first kappa shape index (κ1) is 11.7. The molecule has 1 aromatic rings. The third-order valence-electron chi connectivity index (χ3n) is 1.85. The highest BCUT2D eigenvalue weighted by atomic mass is 16.5. The lowest BCUT2D eigenvalue weighted by Gasteiger charge is -2.03. The van der Waals surface area contributed by atoms with Crippen LogP contribution in [0.25, 0.3) is 0 Å². The van der Waals surface area contributed by atoms with Gasteiger partial charge in [-0.2, -0.15) is 0 Å². The maximum atomic E-state index is 11.2. The molecule has 0 atom stereocenters. The lowest BCUT2D eigenvalue weighted by Crippen LogP contribution is -2.05. The quantitative estimate of drug-likeness (QED) is 0.527. The summed E-state index contributed by atoms with van der Waals surface area (Å²) in [7, 11) is 1.61. The maximum Gasteiger partial charge on any atom is 0.306 e. The van der Waals surface area contributed by atoms with E-state index in [2.05, 4.69) is 4.98 Å². The third-order valence-corrected chi connectivity index (χ3v) is 1.85. The number of hydrogen-bond donors (Lipinski definition) is 0. The van der Waals surface area contributed by atoms with Gasteiger partial charge in [0, 0.05) is 38.1 Å². The number of carbonyl (C=O) groups is 1. The topological polar surface area (TPSA) is 48.4 Å². The second-order valence-corrected chi connectivity index (χ2v) is 3.12. The fourth-order valence-electron chi connectivity index (χ4n) is 1.08. The van der Waals surface area contributed by atoms with E-state index in [9.17, 15) is 4.79 Å². The van der Waals surface area contributed by atoms with Crippen LogP contribution in [0.15, 0.2) is 24.5 Å². The van der Waals surface area contributed by atoms with E-state index in [1.807, 2.05) is 12.1 Å². The molecule has 0 aromatic carbocycles. The summed E-state index contributed by atoms with van der Waals surface area (Å²) in [4.78, 5) is 15.1. The van der Waals surface area contributed by atoms with Crippen molar-refractivity contribution in [1.82, 2.24) is 4.98 Å².